The molecule has 0 spiro atoms. The fraction of sp³-hybridized carbons (Fsp3) is 0.727. The minimum atomic E-state index is -2.98. The van der Waals surface area contributed by atoms with Crippen LogP contribution in [0.4, 0.5) is 13.6 Å². The maximum atomic E-state index is 14.9. The van der Waals surface area contributed by atoms with Crippen molar-refractivity contribution in [3.63, 3.8) is 0 Å². The van der Waals surface area contributed by atoms with E-state index in [2.05, 4.69) is 15.1 Å². The topological polar surface area (TPSA) is 82.4 Å². The Labute approximate surface area is 186 Å². The number of likely N-dealkylation sites (tertiary alicyclic amines) is 1. The van der Waals surface area contributed by atoms with Gasteiger partial charge >= 0.3 is 6.09 Å². The fourth-order valence-electron chi connectivity index (χ4n) is 4.37. The number of amides is 1. The SMILES string of the molecule is CC(C)(C)OC(=O)N1CC[C@H](CCc2ncnc3c2cnn3C2CCCCO2)C(F)(F)C1. The third kappa shape index (κ3) is 5.00. The van der Waals surface area contributed by atoms with Gasteiger partial charge in [0.25, 0.3) is 5.92 Å². The zero-order valence-corrected chi connectivity index (χ0v) is 18.9. The number of hydrogen-bond donors (Lipinski definition) is 0. The van der Waals surface area contributed by atoms with E-state index in [9.17, 15) is 13.6 Å². The monoisotopic (exact) mass is 451 g/mol. The summed E-state index contributed by atoms with van der Waals surface area (Å²) in [5.74, 6) is -3.82. The second kappa shape index (κ2) is 8.88. The summed E-state index contributed by atoms with van der Waals surface area (Å²) in [5.41, 5.74) is 0.671. The van der Waals surface area contributed by atoms with Gasteiger partial charge in [0, 0.05) is 19.1 Å². The molecule has 0 aliphatic carbocycles. The highest BCUT2D eigenvalue weighted by molar-refractivity contribution is 5.77. The molecule has 1 unspecified atom stereocenters. The number of carbonyl (C=O) groups excluding carboxylic acids is 1. The number of carbonyl (C=O) groups is 1. The van der Waals surface area contributed by atoms with Crippen molar-refractivity contribution in [2.24, 2.45) is 5.92 Å². The van der Waals surface area contributed by atoms with Crippen LogP contribution < -0.4 is 0 Å². The molecule has 0 radical (unpaired) electrons. The summed E-state index contributed by atoms with van der Waals surface area (Å²) in [6.07, 6.45) is 6.19. The van der Waals surface area contributed by atoms with Crippen molar-refractivity contribution in [2.75, 3.05) is 19.7 Å². The third-order valence-electron chi connectivity index (χ3n) is 6.03. The van der Waals surface area contributed by atoms with Crippen LogP contribution in [0.3, 0.4) is 0 Å². The lowest BCUT2D eigenvalue weighted by atomic mass is 9.88. The second-order valence-corrected chi connectivity index (χ2v) is 9.66. The molecule has 0 saturated carbocycles. The van der Waals surface area contributed by atoms with E-state index in [1.807, 2.05) is 0 Å². The average molecular weight is 452 g/mol. The summed E-state index contributed by atoms with van der Waals surface area (Å²) >= 11 is 0. The molecule has 4 rings (SSSR count). The van der Waals surface area contributed by atoms with Crippen molar-refractivity contribution in [1.82, 2.24) is 24.6 Å². The predicted octanol–water partition coefficient (Wildman–Crippen LogP) is 4.35. The van der Waals surface area contributed by atoms with Gasteiger partial charge in [0.05, 0.1) is 23.8 Å². The molecule has 10 heteroatoms. The van der Waals surface area contributed by atoms with Gasteiger partial charge in [-0.2, -0.15) is 5.10 Å². The van der Waals surface area contributed by atoms with Crippen molar-refractivity contribution in [3.8, 4) is 0 Å². The van der Waals surface area contributed by atoms with Crippen molar-refractivity contribution >= 4 is 17.1 Å². The Balaban J connectivity index is 1.41. The molecule has 0 N–H and O–H groups in total. The largest absolute Gasteiger partial charge is 0.444 e. The number of rotatable bonds is 4. The number of ether oxygens (including phenoxy) is 2. The van der Waals surface area contributed by atoms with Crippen molar-refractivity contribution in [1.29, 1.82) is 0 Å². The molecule has 0 aromatic carbocycles. The summed E-state index contributed by atoms with van der Waals surface area (Å²) in [6, 6.07) is 0. The molecular weight excluding hydrogens is 420 g/mol. The van der Waals surface area contributed by atoms with Gasteiger partial charge in [0.1, 0.15) is 11.9 Å². The van der Waals surface area contributed by atoms with E-state index in [0.717, 1.165) is 29.5 Å². The smallest absolute Gasteiger partial charge is 0.410 e. The van der Waals surface area contributed by atoms with Crippen LogP contribution in [0.15, 0.2) is 12.5 Å². The molecule has 2 aliphatic rings. The van der Waals surface area contributed by atoms with E-state index in [-0.39, 0.29) is 25.6 Å². The number of hydrogen-bond acceptors (Lipinski definition) is 6. The molecule has 2 aromatic rings. The van der Waals surface area contributed by atoms with Crippen LogP contribution in [-0.2, 0) is 15.9 Å². The van der Waals surface area contributed by atoms with E-state index in [1.165, 1.54) is 6.33 Å². The first-order chi connectivity index (χ1) is 15.1. The molecule has 32 heavy (non-hydrogen) atoms. The third-order valence-corrected chi connectivity index (χ3v) is 6.03. The molecule has 176 valence electrons. The van der Waals surface area contributed by atoms with Crippen LogP contribution in [0, 0.1) is 5.92 Å². The Morgan fingerprint density at radius 2 is 2.09 bits per heavy atom. The molecule has 2 fully saturated rings. The second-order valence-electron chi connectivity index (χ2n) is 9.66. The van der Waals surface area contributed by atoms with E-state index in [4.69, 9.17) is 9.47 Å². The summed E-state index contributed by atoms with van der Waals surface area (Å²) in [5, 5.41) is 5.22. The molecule has 8 nitrogen and oxygen atoms in total. The summed E-state index contributed by atoms with van der Waals surface area (Å²) in [7, 11) is 0. The highest BCUT2D eigenvalue weighted by Gasteiger charge is 2.46. The minimum absolute atomic E-state index is 0.148. The van der Waals surface area contributed by atoms with E-state index in [1.54, 1.807) is 31.6 Å². The van der Waals surface area contributed by atoms with E-state index >= 15 is 0 Å². The molecule has 1 amide bonds. The highest BCUT2D eigenvalue weighted by atomic mass is 19.3. The number of aromatic nitrogens is 4. The first-order valence-corrected chi connectivity index (χ1v) is 11.3. The minimum Gasteiger partial charge on any atom is -0.444 e. The maximum absolute atomic E-state index is 14.9. The molecule has 2 aromatic heterocycles. The molecule has 2 saturated heterocycles. The molecule has 4 heterocycles. The van der Waals surface area contributed by atoms with Gasteiger partial charge < -0.3 is 14.4 Å². The molecule has 2 atom stereocenters. The Bertz CT molecular complexity index is 953. The van der Waals surface area contributed by atoms with Crippen LogP contribution >= 0.6 is 0 Å². The van der Waals surface area contributed by atoms with Crippen LogP contribution in [0.2, 0.25) is 0 Å². The summed E-state index contributed by atoms with van der Waals surface area (Å²) < 4.78 is 42.6. The zero-order valence-electron chi connectivity index (χ0n) is 18.9. The highest BCUT2D eigenvalue weighted by Crippen LogP contribution is 2.37. The van der Waals surface area contributed by atoms with Crippen LogP contribution in [0.1, 0.15) is 64.8 Å². The van der Waals surface area contributed by atoms with E-state index in [0.29, 0.717) is 24.4 Å². The number of aryl methyl sites for hydroxylation is 1. The Morgan fingerprint density at radius 1 is 1.28 bits per heavy atom. The Hall–Kier alpha value is -2.36. The number of alkyl halides is 2. The van der Waals surface area contributed by atoms with E-state index < -0.39 is 30.1 Å². The zero-order chi connectivity index (χ0) is 22.9. The normalized spacial score (nSPS) is 24.0. The first-order valence-electron chi connectivity index (χ1n) is 11.3. The Kier molecular flexibility index (Phi) is 6.33. The standard InChI is InChI=1S/C22H31F2N5O3/c1-21(2,3)32-20(30)28-10-9-15(22(23,24)13-28)7-8-17-16-12-27-29(19(16)26-14-25-17)18-6-4-5-11-31-18/h12,14-15,18H,4-11,13H2,1-3H3/t15-,18?/m0/s1. The quantitative estimate of drug-likeness (QED) is 0.687. The average Bonchev–Trinajstić information content (AvgIpc) is 3.16. The summed E-state index contributed by atoms with van der Waals surface area (Å²) in [6.45, 7) is 5.50. The van der Waals surface area contributed by atoms with Gasteiger partial charge in [-0.25, -0.2) is 28.2 Å². The van der Waals surface area contributed by atoms with Gasteiger partial charge in [0.15, 0.2) is 11.9 Å². The number of piperidine rings is 1. The van der Waals surface area contributed by atoms with Crippen LogP contribution in [0.25, 0.3) is 11.0 Å². The van der Waals surface area contributed by atoms with Crippen LogP contribution in [0.5, 0.6) is 0 Å². The summed E-state index contributed by atoms with van der Waals surface area (Å²) in [4.78, 5) is 22.0. The number of fused-ring (bicyclic) bond motifs is 1. The Morgan fingerprint density at radius 3 is 2.78 bits per heavy atom. The van der Waals surface area contributed by atoms with Gasteiger partial charge in [-0.15, -0.1) is 0 Å². The predicted molar refractivity (Wildman–Crippen MR) is 113 cm³/mol. The van der Waals surface area contributed by atoms with Crippen molar-refractivity contribution < 1.29 is 23.0 Å². The number of nitrogens with zero attached hydrogens (tertiary/aromatic N) is 5. The van der Waals surface area contributed by atoms with Gasteiger partial charge in [0.2, 0.25) is 0 Å². The maximum Gasteiger partial charge on any atom is 0.410 e. The van der Waals surface area contributed by atoms with Gasteiger partial charge in [-0.1, -0.05) is 0 Å². The lowest BCUT2D eigenvalue weighted by Gasteiger charge is -2.38. The number of halogens is 2. The molecule has 2 aliphatic heterocycles. The lowest BCUT2D eigenvalue weighted by molar-refractivity contribution is -0.112. The van der Waals surface area contributed by atoms with Gasteiger partial charge in [-0.3, -0.25) is 0 Å². The first kappa shape index (κ1) is 22.8. The molecule has 0 bridgehead atoms. The fourth-order valence-corrected chi connectivity index (χ4v) is 4.37. The van der Waals surface area contributed by atoms with Crippen molar-refractivity contribution in [3.05, 3.63) is 18.2 Å². The lowest BCUT2D eigenvalue weighted by Crippen LogP contribution is -2.51. The van der Waals surface area contributed by atoms with Crippen LogP contribution in [-0.4, -0.2) is 62.0 Å². The molecular formula is C22H31F2N5O3. The van der Waals surface area contributed by atoms with Crippen molar-refractivity contribution in [2.45, 2.75) is 77.0 Å². The van der Waals surface area contributed by atoms with Gasteiger partial charge in [-0.05, 0) is 59.3 Å².